The zero-order valence-electron chi connectivity index (χ0n) is 12.8. The molecule has 1 unspecified atom stereocenters. The van der Waals surface area contributed by atoms with Crippen molar-refractivity contribution in [1.29, 1.82) is 0 Å². The second-order valence-corrected chi connectivity index (χ2v) is 6.14. The van der Waals surface area contributed by atoms with Gasteiger partial charge in [-0.3, -0.25) is 0 Å². The molecule has 4 nitrogen and oxygen atoms in total. The largest absolute Gasteiger partial charge is 0.395 e. The molecule has 0 fully saturated rings. The van der Waals surface area contributed by atoms with E-state index in [2.05, 4.69) is 37.9 Å². The van der Waals surface area contributed by atoms with Crippen molar-refractivity contribution >= 4 is 6.03 Å². The number of hydrogen-bond acceptors (Lipinski definition) is 2. The highest BCUT2D eigenvalue weighted by atomic mass is 16.3. The molecule has 0 bridgehead atoms. The van der Waals surface area contributed by atoms with Crippen molar-refractivity contribution in [1.82, 2.24) is 10.2 Å². The van der Waals surface area contributed by atoms with E-state index in [0.29, 0.717) is 13.1 Å². The molecule has 1 aromatic rings. The van der Waals surface area contributed by atoms with Crippen molar-refractivity contribution in [3.05, 3.63) is 48.0 Å². The van der Waals surface area contributed by atoms with Gasteiger partial charge in [-0.25, -0.2) is 4.79 Å². The summed E-state index contributed by atoms with van der Waals surface area (Å²) in [6.07, 6.45) is 2.56. The van der Waals surface area contributed by atoms with Gasteiger partial charge in [0.05, 0.1) is 12.6 Å². The Balaban J connectivity index is 2.14. The van der Waals surface area contributed by atoms with Crippen LogP contribution in [0.1, 0.15) is 37.4 Å². The number of urea groups is 1. The SMILES string of the molecule is C=CCN(CCO)C(=O)NC1CC(C)(C)c2ccccc21. The number of carbonyl (C=O) groups excluding carboxylic acids is 1. The third-order valence-electron chi connectivity index (χ3n) is 4.08. The average Bonchev–Trinajstić information content (AvgIpc) is 2.70. The Bertz CT molecular complexity index is 525. The third-order valence-corrected chi connectivity index (χ3v) is 4.08. The van der Waals surface area contributed by atoms with Gasteiger partial charge in [-0.15, -0.1) is 6.58 Å². The number of fused-ring (bicyclic) bond motifs is 1. The minimum atomic E-state index is -0.151. The van der Waals surface area contributed by atoms with Crippen LogP contribution in [0, 0.1) is 0 Å². The van der Waals surface area contributed by atoms with Crippen LogP contribution in [0.4, 0.5) is 4.79 Å². The van der Waals surface area contributed by atoms with Gasteiger partial charge in [-0.05, 0) is 23.0 Å². The van der Waals surface area contributed by atoms with E-state index in [1.54, 1.807) is 11.0 Å². The van der Waals surface area contributed by atoms with Gasteiger partial charge in [-0.1, -0.05) is 44.2 Å². The van der Waals surface area contributed by atoms with Crippen LogP contribution in [-0.4, -0.2) is 35.7 Å². The fourth-order valence-electron chi connectivity index (χ4n) is 3.07. The Morgan fingerprint density at radius 1 is 1.52 bits per heavy atom. The van der Waals surface area contributed by atoms with Crippen molar-refractivity contribution in [3.63, 3.8) is 0 Å². The van der Waals surface area contributed by atoms with Crippen molar-refractivity contribution in [3.8, 4) is 0 Å². The normalized spacial score (nSPS) is 18.9. The zero-order valence-corrected chi connectivity index (χ0v) is 12.8. The minimum Gasteiger partial charge on any atom is -0.395 e. The number of amides is 2. The van der Waals surface area contributed by atoms with Crippen LogP contribution in [0.5, 0.6) is 0 Å². The number of hydrogen-bond donors (Lipinski definition) is 2. The first-order chi connectivity index (χ1) is 9.99. The molecular weight excluding hydrogens is 264 g/mol. The first kappa shape index (κ1) is 15.6. The van der Waals surface area contributed by atoms with E-state index in [4.69, 9.17) is 5.11 Å². The molecule has 2 N–H and O–H groups in total. The highest BCUT2D eigenvalue weighted by Crippen LogP contribution is 2.44. The molecular formula is C17H24N2O2. The Kier molecular flexibility index (Phi) is 4.68. The van der Waals surface area contributed by atoms with Crippen LogP contribution in [0.25, 0.3) is 0 Å². The zero-order chi connectivity index (χ0) is 15.5. The van der Waals surface area contributed by atoms with E-state index < -0.39 is 0 Å². The van der Waals surface area contributed by atoms with Crippen LogP contribution in [0.2, 0.25) is 0 Å². The highest BCUT2D eigenvalue weighted by Gasteiger charge is 2.37. The molecule has 0 aromatic heterocycles. The van der Waals surface area contributed by atoms with Crippen LogP contribution in [0.3, 0.4) is 0 Å². The maximum Gasteiger partial charge on any atom is 0.318 e. The van der Waals surface area contributed by atoms with Crippen LogP contribution in [-0.2, 0) is 5.41 Å². The van der Waals surface area contributed by atoms with Gasteiger partial charge in [-0.2, -0.15) is 0 Å². The molecule has 0 spiro atoms. The molecule has 1 aromatic carbocycles. The Hall–Kier alpha value is -1.81. The summed E-state index contributed by atoms with van der Waals surface area (Å²) in [4.78, 5) is 13.9. The van der Waals surface area contributed by atoms with Crippen LogP contribution in [0.15, 0.2) is 36.9 Å². The molecule has 1 aliphatic carbocycles. The number of nitrogens with zero attached hydrogens (tertiary/aromatic N) is 1. The first-order valence-electron chi connectivity index (χ1n) is 7.36. The van der Waals surface area contributed by atoms with Gasteiger partial charge >= 0.3 is 6.03 Å². The van der Waals surface area contributed by atoms with E-state index in [0.717, 1.165) is 6.42 Å². The first-order valence-corrected chi connectivity index (χ1v) is 7.36. The number of rotatable bonds is 5. The average molecular weight is 288 g/mol. The summed E-state index contributed by atoms with van der Waals surface area (Å²) in [7, 11) is 0. The van der Waals surface area contributed by atoms with E-state index in [1.165, 1.54) is 11.1 Å². The molecule has 0 radical (unpaired) electrons. The lowest BCUT2D eigenvalue weighted by Crippen LogP contribution is -2.42. The molecule has 1 aliphatic rings. The second kappa shape index (κ2) is 6.31. The van der Waals surface area contributed by atoms with E-state index in [9.17, 15) is 4.79 Å². The number of nitrogens with one attached hydrogen (secondary N) is 1. The molecule has 2 amide bonds. The molecule has 4 heteroatoms. The monoisotopic (exact) mass is 288 g/mol. The van der Waals surface area contributed by atoms with Gasteiger partial charge in [0.25, 0.3) is 0 Å². The van der Waals surface area contributed by atoms with Crippen molar-refractivity contribution < 1.29 is 9.90 Å². The summed E-state index contributed by atoms with van der Waals surface area (Å²) in [5, 5.41) is 12.1. The summed E-state index contributed by atoms with van der Waals surface area (Å²) < 4.78 is 0. The van der Waals surface area contributed by atoms with Crippen molar-refractivity contribution in [2.75, 3.05) is 19.7 Å². The van der Waals surface area contributed by atoms with Gasteiger partial charge in [0.1, 0.15) is 0 Å². The second-order valence-electron chi connectivity index (χ2n) is 6.14. The number of carbonyl (C=O) groups is 1. The lowest BCUT2D eigenvalue weighted by atomic mass is 9.86. The van der Waals surface area contributed by atoms with E-state index in [1.807, 2.05) is 12.1 Å². The van der Waals surface area contributed by atoms with Crippen molar-refractivity contribution in [2.45, 2.75) is 31.7 Å². The number of aliphatic hydroxyl groups excluding tert-OH is 1. The molecule has 0 saturated carbocycles. The van der Waals surface area contributed by atoms with Gasteiger partial charge in [0.15, 0.2) is 0 Å². The maximum atomic E-state index is 12.4. The Morgan fingerprint density at radius 2 is 2.24 bits per heavy atom. The lowest BCUT2D eigenvalue weighted by Gasteiger charge is -2.24. The smallest absolute Gasteiger partial charge is 0.318 e. The summed E-state index contributed by atoms with van der Waals surface area (Å²) in [6, 6.07) is 8.14. The summed E-state index contributed by atoms with van der Waals surface area (Å²) in [5.74, 6) is 0. The van der Waals surface area contributed by atoms with Gasteiger partial charge in [0.2, 0.25) is 0 Å². The predicted octanol–water partition coefficient (Wildman–Crippen LogP) is 2.60. The van der Waals surface area contributed by atoms with Crippen LogP contribution >= 0.6 is 0 Å². The Labute approximate surface area is 126 Å². The number of benzene rings is 1. The van der Waals surface area contributed by atoms with Crippen LogP contribution < -0.4 is 5.32 Å². The summed E-state index contributed by atoms with van der Waals surface area (Å²) in [6.45, 7) is 8.76. The standard InChI is InChI=1S/C17H24N2O2/c1-4-9-19(10-11-20)16(21)18-15-12-17(2,3)14-8-6-5-7-13(14)15/h4-8,15,20H,1,9-12H2,2-3H3,(H,18,21). The van der Waals surface area contributed by atoms with Gasteiger partial charge in [0, 0.05) is 13.1 Å². The minimum absolute atomic E-state index is 0.0229. The third kappa shape index (κ3) is 3.27. The lowest BCUT2D eigenvalue weighted by molar-refractivity contribution is 0.179. The summed E-state index contributed by atoms with van der Waals surface area (Å²) in [5.41, 5.74) is 2.56. The Morgan fingerprint density at radius 3 is 2.90 bits per heavy atom. The predicted molar refractivity (Wildman–Crippen MR) is 84.2 cm³/mol. The quantitative estimate of drug-likeness (QED) is 0.818. The molecule has 21 heavy (non-hydrogen) atoms. The molecule has 0 aliphatic heterocycles. The fourth-order valence-corrected chi connectivity index (χ4v) is 3.07. The maximum absolute atomic E-state index is 12.4. The molecule has 114 valence electrons. The van der Waals surface area contributed by atoms with Crippen molar-refractivity contribution in [2.24, 2.45) is 0 Å². The van der Waals surface area contributed by atoms with E-state index >= 15 is 0 Å². The van der Waals surface area contributed by atoms with E-state index in [-0.39, 0.29) is 24.1 Å². The summed E-state index contributed by atoms with van der Waals surface area (Å²) >= 11 is 0. The fraction of sp³-hybridized carbons (Fsp3) is 0.471. The molecule has 0 saturated heterocycles. The molecule has 2 rings (SSSR count). The molecule has 0 heterocycles. The topological polar surface area (TPSA) is 52.6 Å². The number of aliphatic hydroxyl groups is 1. The molecule has 1 atom stereocenters. The highest BCUT2D eigenvalue weighted by molar-refractivity contribution is 5.75. The van der Waals surface area contributed by atoms with Gasteiger partial charge < -0.3 is 15.3 Å².